The second kappa shape index (κ2) is 8.03. The molecule has 2 aromatic carbocycles. The summed E-state index contributed by atoms with van der Waals surface area (Å²) in [5, 5.41) is 6.85. The van der Waals surface area contributed by atoms with Gasteiger partial charge in [-0.3, -0.25) is 0 Å². The van der Waals surface area contributed by atoms with E-state index < -0.39 is 6.23 Å². The Kier molecular flexibility index (Phi) is 5.05. The smallest absolute Gasteiger partial charge is 0.214 e. The predicted molar refractivity (Wildman–Crippen MR) is 117 cm³/mol. The van der Waals surface area contributed by atoms with Gasteiger partial charge >= 0.3 is 0 Å². The molecule has 32 heavy (non-hydrogen) atoms. The fourth-order valence-corrected chi connectivity index (χ4v) is 4.30. The van der Waals surface area contributed by atoms with Crippen molar-refractivity contribution in [2.45, 2.75) is 18.7 Å². The maximum absolute atomic E-state index is 6.50. The summed E-state index contributed by atoms with van der Waals surface area (Å²) in [6, 6.07) is 13.4. The first kappa shape index (κ1) is 20.1. The average Bonchev–Trinajstić information content (AvgIpc) is 3.52. The van der Waals surface area contributed by atoms with Crippen LogP contribution < -0.4 is 23.7 Å². The molecule has 2 aliphatic rings. The molecule has 0 N–H and O–H groups in total. The van der Waals surface area contributed by atoms with Crippen molar-refractivity contribution in [3.05, 3.63) is 65.6 Å². The number of hydrogen-bond donors (Lipinski definition) is 0. The highest BCUT2D eigenvalue weighted by Gasteiger charge is 2.43. The van der Waals surface area contributed by atoms with Crippen molar-refractivity contribution in [2.75, 3.05) is 28.4 Å². The van der Waals surface area contributed by atoms with Crippen molar-refractivity contribution >= 4 is 5.71 Å². The van der Waals surface area contributed by atoms with Gasteiger partial charge in [0.1, 0.15) is 11.5 Å². The second-order valence-electron chi connectivity index (χ2n) is 7.43. The first-order valence-corrected chi connectivity index (χ1v) is 10.2. The van der Waals surface area contributed by atoms with Crippen molar-refractivity contribution in [3.8, 4) is 28.7 Å². The molecule has 0 unspecified atom stereocenters. The molecule has 2 aliphatic heterocycles. The maximum atomic E-state index is 6.50. The van der Waals surface area contributed by atoms with E-state index in [0.717, 1.165) is 22.6 Å². The standard InChI is InChI=1S/C24H24N2O6/c1-27-19-8-5-7-15-17-13-16(18-9-6-10-31-18)25-26(17)24(32-22(15)19)14-11-20(28-2)23(30-4)21(12-14)29-3/h5-12,17,24H,13H2,1-4H3/t17-,24-/m1/s1. The molecule has 0 aliphatic carbocycles. The van der Waals surface area contributed by atoms with E-state index in [9.17, 15) is 0 Å². The molecule has 0 bridgehead atoms. The molecule has 0 saturated carbocycles. The molecule has 8 nitrogen and oxygen atoms in total. The van der Waals surface area contributed by atoms with E-state index in [-0.39, 0.29) is 6.04 Å². The van der Waals surface area contributed by atoms with Gasteiger partial charge in [-0.15, -0.1) is 0 Å². The van der Waals surface area contributed by atoms with Crippen LogP contribution in [0, 0.1) is 0 Å². The monoisotopic (exact) mass is 436 g/mol. The van der Waals surface area contributed by atoms with Gasteiger partial charge in [-0.05, 0) is 30.3 Å². The van der Waals surface area contributed by atoms with Crippen LogP contribution in [0.2, 0.25) is 0 Å². The minimum atomic E-state index is -0.537. The number of nitrogens with zero attached hydrogens (tertiary/aromatic N) is 2. The SMILES string of the molecule is COc1cc([C@H]2Oc3c(OC)cccc3[C@H]3CC(c4ccco4)=NN32)cc(OC)c1OC. The minimum absolute atomic E-state index is 0.0435. The third-order valence-corrected chi connectivity index (χ3v) is 5.78. The molecule has 3 heterocycles. The fraction of sp³-hybridized carbons (Fsp3) is 0.292. The maximum Gasteiger partial charge on any atom is 0.214 e. The van der Waals surface area contributed by atoms with E-state index in [4.69, 9.17) is 33.2 Å². The largest absolute Gasteiger partial charge is 0.493 e. The highest BCUT2D eigenvalue weighted by molar-refractivity contribution is 5.99. The highest BCUT2D eigenvalue weighted by atomic mass is 16.5. The summed E-state index contributed by atoms with van der Waals surface area (Å²) in [6.07, 6.45) is 1.79. The van der Waals surface area contributed by atoms with E-state index in [1.165, 1.54) is 0 Å². The summed E-state index contributed by atoms with van der Waals surface area (Å²) in [5.74, 6) is 3.72. The Morgan fingerprint density at radius 3 is 2.28 bits per heavy atom. The van der Waals surface area contributed by atoms with Gasteiger partial charge in [0.15, 0.2) is 23.0 Å². The van der Waals surface area contributed by atoms with Gasteiger partial charge in [-0.2, -0.15) is 5.10 Å². The molecule has 166 valence electrons. The average molecular weight is 436 g/mol. The van der Waals surface area contributed by atoms with E-state index in [2.05, 4.69) is 0 Å². The van der Waals surface area contributed by atoms with E-state index >= 15 is 0 Å². The molecule has 2 atom stereocenters. The third kappa shape index (κ3) is 3.10. The minimum Gasteiger partial charge on any atom is -0.493 e. The summed E-state index contributed by atoms with van der Waals surface area (Å²) < 4.78 is 34.3. The summed E-state index contributed by atoms with van der Waals surface area (Å²) >= 11 is 0. The lowest BCUT2D eigenvalue weighted by Crippen LogP contribution is -2.34. The number of rotatable bonds is 6. The number of benzene rings is 2. The first-order valence-electron chi connectivity index (χ1n) is 10.2. The summed E-state index contributed by atoms with van der Waals surface area (Å²) in [4.78, 5) is 0. The zero-order valence-electron chi connectivity index (χ0n) is 18.3. The Hall–Kier alpha value is -3.81. The Morgan fingerprint density at radius 2 is 1.66 bits per heavy atom. The Labute approximate surface area is 185 Å². The molecule has 0 saturated heterocycles. The molecular formula is C24H24N2O6. The summed E-state index contributed by atoms with van der Waals surface area (Å²) in [6.45, 7) is 0. The lowest BCUT2D eigenvalue weighted by molar-refractivity contribution is -0.0211. The van der Waals surface area contributed by atoms with Crippen LogP contribution in [-0.2, 0) is 0 Å². The zero-order valence-corrected chi connectivity index (χ0v) is 18.3. The van der Waals surface area contributed by atoms with Crippen molar-refractivity contribution < 1.29 is 28.1 Å². The first-order chi connectivity index (χ1) is 15.7. The van der Waals surface area contributed by atoms with Gasteiger partial charge in [0.05, 0.1) is 40.7 Å². The molecule has 1 aromatic heterocycles. The normalized spacial score (nSPS) is 18.9. The van der Waals surface area contributed by atoms with Crippen LogP contribution in [0.15, 0.2) is 58.2 Å². The third-order valence-electron chi connectivity index (χ3n) is 5.78. The lowest BCUT2D eigenvalue weighted by Gasteiger charge is -2.38. The molecule has 0 spiro atoms. The lowest BCUT2D eigenvalue weighted by atomic mass is 9.97. The fourth-order valence-electron chi connectivity index (χ4n) is 4.30. The van der Waals surface area contributed by atoms with Crippen molar-refractivity contribution in [2.24, 2.45) is 5.10 Å². The van der Waals surface area contributed by atoms with Crippen LogP contribution in [0.4, 0.5) is 0 Å². The Bertz CT molecular complexity index is 1130. The summed E-state index contributed by atoms with van der Waals surface area (Å²) in [7, 11) is 6.40. The molecular weight excluding hydrogens is 412 g/mol. The van der Waals surface area contributed by atoms with Gasteiger partial charge < -0.3 is 28.1 Å². The Balaban J connectivity index is 1.66. The van der Waals surface area contributed by atoms with Gasteiger partial charge in [-0.25, -0.2) is 5.01 Å². The highest BCUT2D eigenvalue weighted by Crippen LogP contribution is 2.52. The van der Waals surface area contributed by atoms with Crippen molar-refractivity contribution in [1.29, 1.82) is 0 Å². The number of para-hydroxylation sites is 1. The van der Waals surface area contributed by atoms with Gasteiger partial charge in [0.25, 0.3) is 0 Å². The molecule has 5 rings (SSSR count). The van der Waals surface area contributed by atoms with Crippen LogP contribution >= 0.6 is 0 Å². The molecule has 8 heteroatoms. The Morgan fingerprint density at radius 1 is 0.906 bits per heavy atom. The molecule has 3 aromatic rings. The van der Waals surface area contributed by atoms with E-state index in [0.29, 0.717) is 35.2 Å². The van der Waals surface area contributed by atoms with Crippen molar-refractivity contribution in [1.82, 2.24) is 5.01 Å². The quantitative estimate of drug-likeness (QED) is 0.561. The number of methoxy groups -OCH3 is 4. The van der Waals surface area contributed by atoms with Gasteiger partial charge in [-0.1, -0.05) is 12.1 Å². The number of hydrogen-bond acceptors (Lipinski definition) is 8. The van der Waals surface area contributed by atoms with Crippen LogP contribution in [-0.4, -0.2) is 39.2 Å². The summed E-state index contributed by atoms with van der Waals surface area (Å²) in [5.41, 5.74) is 2.68. The topological polar surface area (TPSA) is 74.9 Å². The van der Waals surface area contributed by atoms with Crippen LogP contribution in [0.3, 0.4) is 0 Å². The van der Waals surface area contributed by atoms with Crippen LogP contribution in [0.5, 0.6) is 28.7 Å². The van der Waals surface area contributed by atoms with Gasteiger partial charge in [0.2, 0.25) is 12.0 Å². The number of fused-ring (bicyclic) bond motifs is 3. The van der Waals surface area contributed by atoms with Gasteiger partial charge in [0, 0.05) is 17.5 Å². The van der Waals surface area contributed by atoms with Crippen LogP contribution in [0.25, 0.3) is 0 Å². The number of furan rings is 1. The van der Waals surface area contributed by atoms with E-state index in [1.54, 1.807) is 34.7 Å². The second-order valence-corrected chi connectivity index (χ2v) is 7.43. The van der Waals surface area contributed by atoms with Crippen molar-refractivity contribution in [3.63, 3.8) is 0 Å². The van der Waals surface area contributed by atoms with Crippen LogP contribution in [0.1, 0.15) is 35.6 Å². The number of ether oxygens (including phenoxy) is 5. The molecule has 0 amide bonds. The molecule has 0 radical (unpaired) electrons. The molecule has 0 fully saturated rings. The number of hydrazone groups is 1. The zero-order chi connectivity index (χ0) is 22.2. The van der Waals surface area contributed by atoms with E-state index in [1.807, 2.05) is 47.5 Å². The predicted octanol–water partition coefficient (Wildman–Crippen LogP) is 4.56.